The predicted octanol–water partition coefficient (Wildman–Crippen LogP) is 0.670. The number of amides is 1. The second kappa shape index (κ2) is 4.66. The number of hydrogen-bond acceptors (Lipinski definition) is 3. The Hall–Kier alpha value is -2.08. The summed E-state index contributed by atoms with van der Waals surface area (Å²) in [4.78, 5) is 11.5. The molecular formula is C12H13N3O2S. The van der Waals surface area contributed by atoms with Crippen LogP contribution < -0.4 is 16.4 Å². The van der Waals surface area contributed by atoms with Crippen LogP contribution in [-0.4, -0.2) is 16.1 Å². The van der Waals surface area contributed by atoms with Crippen molar-refractivity contribution in [1.29, 1.82) is 0 Å². The third kappa shape index (κ3) is 2.28. The van der Waals surface area contributed by atoms with E-state index in [2.05, 4.69) is 10.6 Å². The number of primary amides is 1. The molecule has 2 rings (SSSR count). The molecule has 5 N–H and O–H groups in total. The van der Waals surface area contributed by atoms with E-state index in [4.69, 9.17) is 18.0 Å². The zero-order valence-corrected chi connectivity index (χ0v) is 10.5. The van der Waals surface area contributed by atoms with Gasteiger partial charge in [0.2, 0.25) is 5.91 Å². The third-order valence-corrected chi connectivity index (χ3v) is 2.96. The van der Waals surface area contributed by atoms with Gasteiger partial charge in [-0.2, -0.15) is 0 Å². The number of carbonyl (C=O) groups is 1. The van der Waals surface area contributed by atoms with Crippen LogP contribution in [-0.2, 0) is 4.79 Å². The van der Waals surface area contributed by atoms with E-state index < -0.39 is 11.9 Å². The normalized spacial score (nSPS) is 19.2. The number of aromatic hydroxyl groups is 1. The molecule has 0 spiro atoms. The zero-order valence-electron chi connectivity index (χ0n) is 9.73. The van der Waals surface area contributed by atoms with Crippen LogP contribution in [0.15, 0.2) is 35.5 Å². The van der Waals surface area contributed by atoms with Gasteiger partial charge in [-0.05, 0) is 36.8 Å². The Morgan fingerprint density at radius 2 is 2.22 bits per heavy atom. The average molecular weight is 263 g/mol. The van der Waals surface area contributed by atoms with Crippen molar-refractivity contribution in [3.05, 3.63) is 41.1 Å². The number of allylic oxidation sites excluding steroid dienone is 1. The van der Waals surface area contributed by atoms with Crippen molar-refractivity contribution >= 4 is 23.2 Å². The maximum atomic E-state index is 11.5. The fraction of sp³-hybridized carbons (Fsp3) is 0.167. The highest BCUT2D eigenvalue weighted by Gasteiger charge is 2.28. The molecule has 1 aliphatic rings. The van der Waals surface area contributed by atoms with Gasteiger partial charge in [0.15, 0.2) is 5.11 Å². The van der Waals surface area contributed by atoms with E-state index in [9.17, 15) is 9.90 Å². The number of phenols is 1. The maximum absolute atomic E-state index is 11.5. The molecule has 0 aromatic heterocycles. The van der Waals surface area contributed by atoms with Crippen molar-refractivity contribution in [2.75, 3.05) is 0 Å². The van der Waals surface area contributed by atoms with E-state index in [1.165, 1.54) is 0 Å². The van der Waals surface area contributed by atoms with Gasteiger partial charge in [-0.25, -0.2) is 0 Å². The molecule has 94 valence electrons. The SMILES string of the molecule is CC1=C(C(N)=O)C(c2cccc(O)c2)NC(=S)N1. The maximum Gasteiger partial charge on any atom is 0.248 e. The van der Waals surface area contributed by atoms with Crippen LogP contribution >= 0.6 is 12.2 Å². The van der Waals surface area contributed by atoms with Gasteiger partial charge in [0, 0.05) is 5.70 Å². The Bertz CT molecular complexity index is 554. The van der Waals surface area contributed by atoms with Crippen LogP contribution in [0.1, 0.15) is 18.5 Å². The monoisotopic (exact) mass is 263 g/mol. The Kier molecular flexibility index (Phi) is 3.20. The van der Waals surface area contributed by atoms with Crippen LogP contribution in [0.5, 0.6) is 5.75 Å². The minimum atomic E-state index is -0.525. The van der Waals surface area contributed by atoms with Gasteiger partial charge in [-0.1, -0.05) is 12.1 Å². The molecule has 0 bridgehead atoms. The molecule has 5 nitrogen and oxygen atoms in total. The quantitative estimate of drug-likeness (QED) is 0.589. The third-order valence-electron chi connectivity index (χ3n) is 2.74. The first-order valence-corrected chi connectivity index (χ1v) is 5.77. The number of hydrogen-bond donors (Lipinski definition) is 4. The van der Waals surface area contributed by atoms with Crippen molar-refractivity contribution in [2.45, 2.75) is 13.0 Å². The van der Waals surface area contributed by atoms with E-state index in [0.29, 0.717) is 16.4 Å². The van der Waals surface area contributed by atoms with E-state index in [1.807, 2.05) is 0 Å². The first-order chi connectivity index (χ1) is 8.49. The topological polar surface area (TPSA) is 87.4 Å². The summed E-state index contributed by atoms with van der Waals surface area (Å²) in [5, 5.41) is 15.7. The standard InChI is InChI=1S/C12H13N3O2S/c1-6-9(11(13)17)10(15-12(18)14-6)7-3-2-4-8(16)5-7/h2-5,10,16H,1H3,(H2,13,17)(H2,14,15,18). The lowest BCUT2D eigenvalue weighted by atomic mass is 9.95. The van der Waals surface area contributed by atoms with Crippen LogP contribution in [0.3, 0.4) is 0 Å². The highest BCUT2D eigenvalue weighted by molar-refractivity contribution is 7.80. The summed E-state index contributed by atoms with van der Waals surface area (Å²) in [6, 6.07) is 6.18. The molecule has 1 atom stereocenters. The van der Waals surface area contributed by atoms with Gasteiger partial charge in [-0.15, -0.1) is 0 Å². The Morgan fingerprint density at radius 3 is 2.83 bits per heavy atom. The number of nitrogens with one attached hydrogen (secondary N) is 2. The largest absolute Gasteiger partial charge is 0.508 e. The van der Waals surface area contributed by atoms with E-state index in [0.717, 1.165) is 5.56 Å². The van der Waals surface area contributed by atoms with Crippen molar-refractivity contribution in [3.63, 3.8) is 0 Å². The minimum absolute atomic E-state index is 0.125. The lowest BCUT2D eigenvalue weighted by Crippen LogP contribution is -2.46. The van der Waals surface area contributed by atoms with Gasteiger partial charge in [0.1, 0.15) is 5.75 Å². The van der Waals surface area contributed by atoms with Crippen LogP contribution in [0, 0.1) is 0 Å². The van der Waals surface area contributed by atoms with Crippen molar-refractivity contribution in [1.82, 2.24) is 10.6 Å². The summed E-state index contributed by atoms with van der Waals surface area (Å²) in [5.41, 5.74) is 7.15. The highest BCUT2D eigenvalue weighted by Crippen LogP contribution is 2.28. The molecule has 18 heavy (non-hydrogen) atoms. The van der Waals surface area contributed by atoms with Gasteiger partial charge >= 0.3 is 0 Å². The smallest absolute Gasteiger partial charge is 0.248 e. The van der Waals surface area contributed by atoms with Gasteiger partial charge in [0.25, 0.3) is 0 Å². The van der Waals surface area contributed by atoms with Crippen molar-refractivity contribution < 1.29 is 9.90 Å². The van der Waals surface area contributed by atoms with Crippen LogP contribution in [0.4, 0.5) is 0 Å². The predicted molar refractivity (Wildman–Crippen MR) is 71.6 cm³/mol. The summed E-state index contributed by atoms with van der Waals surface area (Å²) >= 11 is 5.06. The summed E-state index contributed by atoms with van der Waals surface area (Å²) in [6.07, 6.45) is 0. The lowest BCUT2D eigenvalue weighted by Gasteiger charge is -2.29. The number of thiocarbonyl (C=S) groups is 1. The summed E-state index contributed by atoms with van der Waals surface area (Å²) in [6.45, 7) is 1.74. The Labute approximate surface area is 110 Å². The molecule has 1 aromatic rings. The van der Waals surface area contributed by atoms with Gasteiger partial charge in [-0.3, -0.25) is 4.79 Å². The molecule has 6 heteroatoms. The van der Waals surface area contributed by atoms with Crippen molar-refractivity contribution in [2.24, 2.45) is 5.73 Å². The molecule has 0 aliphatic carbocycles. The van der Waals surface area contributed by atoms with Crippen LogP contribution in [0.25, 0.3) is 0 Å². The number of phenolic OH excluding ortho intramolecular Hbond substituents is 1. The Morgan fingerprint density at radius 1 is 1.50 bits per heavy atom. The molecule has 1 heterocycles. The summed E-state index contributed by atoms with van der Waals surface area (Å²) in [5.74, 6) is -0.399. The first kappa shape index (κ1) is 12.4. The fourth-order valence-corrected chi connectivity index (χ4v) is 2.25. The Balaban J connectivity index is 2.50. The average Bonchev–Trinajstić information content (AvgIpc) is 2.27. The number of nitrogens with two attached hydrogens (primary N) is 1. The fourth-order valence-electron chi connectivity index (χ4n) is 1.97. The first-order valence-electron chi connectivity index (χ1n) is 5.36. The van der Waals surface area contributed by atoms with E-state index in [-0.39, 0.29) is 5.75 Å². The van der Waals surface area contributed by atoms with Gasteiger partial charge < -0.3 is 21.5 Å². The number of rotatable bonds is 2. The minimum Gasteiger partial charge on any atom is -0.508 e. The molecule has 0 fully saturated rings. The second-order valence-electron chi connectivity index (χ2n) is 4.03. The molecule has 0 saturated heterocycles. The molecule has 1 unspecified atom stereocenters. The van der Waals surface area contributed by atoms with E-state index in [1.54, 1.807) is 31.2 Å². The second-order valence-corrected chi connectivity index (χ2v) is 4.44. The van der Waals surface area contributed by atoms with Crippen LogP contribution in [0.2, 0.25) is 0 Å². The molecule has 0 saturated carbocycles. The molecular weight excluding hydrogens is 250 g/mol. The zero-order chi connectivity index (χ0) is 13.3. The molecule has 0 radical (unpaired) electrons. The van der Waals surface area contributed by atoms with E-state index >= 15 is 0 Å². The highest BCUT2D eigenvalue weighted by atomic mass is 32.1. The molecule has 1 amide bonds. The lowest BCUT2D eigenvalue weighted by molar-refractivity contribution is -0.115. The number of benzene rings is 1. The van der Waals surface area contributed by atoms with Crippen molar-refractivity contribution in [3.8, 4) is 5.75 Å². The molecule has 1 aromatic carbocycles. The summed E-state index contributed by atoms with van der Waals surface area (Å²) < 4.78 is 0. The summed E-state index contributed by atoms with van der Waals surface area (Å²) in [7, 11) is 0. The number of carbonyl (C=O) groups excluding carboxylic acids is 1. The molecule has 1 aliphatic heterocycles. The van der Waals surface area contributed by atoms with Gasteiger partial charge in [0.05, 0.1) is 11.6 Å².